The third kappa shape index (κ3) is 5.36. The van der Waals surface area contributed by atoms with Crippen molar-refractivity contribution in [3.8, 4) is 6.07 Å². The van der Waals surface area contributed by atoms with Crippen LogP contribution in [-0.2, 0) is 4.79 Å². The van der Waals surface area contributed by atoms with Crippen molar-refractivity contribution >= 4 is 29.1 Å². The highest BCUT2D eigenvalue weighted by Crippen LogP contribution is 2.24. The first-order chi connectivity index (χ1) is 12.8. The number of amides is 2. The first-order valence-corrected chi connectivity index (χ1v) is 9.69. The minimum absolute atomic E-state index is 0.0335. The molecule has 6 nitrogen and oxygen atoms in total. The van der Waals surface area contributed by atoms with Gasteiger partial charge < -0.3 is 15.5 Å². The van der Waals surface area contributed by atoms with Crippen molar-refractivity contribution in [2.75, 3.05) is 25.0 Å². The monoisotopic (exact) mass is 390 g/mol. The van der Waals surface area contributed by atoms with E-state index in [4.69, 9.17) is 11.6 Å². The van der Waals surface area contributed by atoms with Crippen molar-refractivity contribution in [1.29, 1.82) is 5.26 Å². The summed E-state index contributed by atoms with van der Waals surface area (Å²) in [5.74, 6) is -0.406. The van der Waals surface area contributed by atoms with Gasteiger partial charge in [-0.05, 0) is 50.3 Å². The maximum atomic E-state index is 12.8. The molecule has 1 heterocycles. The number of nitrogens with zero attached hydrogens (tertiary/aromatic N) is 2. The van der Waals surface area contributed by atoms with E-state index in [1.54, 1.807) is 25.1 Å². The van der Waals surface area contributed by atoms with Gasteiger partial charge in [0.25, 0.3) is 5.91 Å². The zero-order valence-corrected chi connectivity index (χ0v) is 16.9. The summed E-state index contributed by atoms with van der Waals surface area (Å²) in [6.07, 6.45) is 3.15. The molecule has 1 aliphatic rings. The van der Waals surface area contributed by atoms with E-state index in [2.05, 4.69) is 16.7 Å². The molecule has 1 aliphatic heterocycles. The van der Waals surface area contributed by atoms with E-state index in [0.29, 0.717) is 16.3 Å². The molecule has 146 valence electrons. The van der Waals surface area contributed by atoms with Crippen molar-refractivity contribution in [3.63, 3.8) is 0 Å². The van der Waals surface area contributed by atoms with Crippen molar-refractivity contribution in [1.82, 2.24) is 10.2 Å². The molecule has 2 rings (SSSR count). The van der Waals surface area contributed by atoms with E-state index in [9.17, 15) is 14.9 Å². The summed E-state index contributed by atoms with van der Waals surface area (Å²) in [6.45, 7) is 6.89. The Balaban J connectivity index is 2.09. The molecule has 0 aliphatic carbocycles. The van der Waals surface area contributed by atoms with Crippen LogP contribution in [0.2, 0.25) is 5.02 Å². The molecule has 27 heavy (non-hydrogen) atoms. The van der Waals surface area contributed by atoms with E-state index in [1.165, 1.54) is 0 Å². The topological polar surface area (TPSA) is 85.2 Å². The summed E-state index contributed by atoms with van der Waals surface area (Å²) >= 11 is 6.08. The number of hydrogen-bond acceptors (Lipinski definition) is 4. The molecule has 0 aromatic heterocycles. The summed E-state index contributed by atoms with van der Waals surface area (Å²) < 4.78 is 0. The highest BCUT2D eigenvalue weighted by Gasteiger charge is 2.30. The molecule has 7 heteroatoms. The van der Waals surface area contributed by atoms with Gasteiger partial charge in [0.05, 0.1) is 18.2 Å². The lowest BCUT2D eigenvalue weighted by atomic mass is 9.90. The van der Waals surface area contributed by atoms with Gasteiger partial charge in [0.2, 0.25) is 5.91 Å². The van der Waals surface area contributed by atoms with Crippen LogP contribution in [0.25, 0.3) is 0 Å². The number of likely N-dealkylation sites (tertiary alicyclic amines) is 1. The lowest BCUT2D eigenvalue weighted by Gasteiger charge is -2.28. The number of anilines is 1. The number of rotatable bonds is 6. The number of nitriles is 1. The van der Waals surface area contributed by atoms with Crippen LogP contribution in [0.15, 0.2) is 18.2 Å². The fourth-order valence-corrected chi connectivity index (χ4v) is 3.10. The highest BCUT2D eigenvalue weighted by atomic mass is 35.5. The summed E-state index contributed by atoms with van der Waals surface area (Å²) in [4.78, 5) is 27.0. The fraction of sp³-hybridized carbons (Fsp3) is 0.550. The predicted octanol–water partition coefficient (Wildman–Crippen LogP) is 3.43. The van der Waals surface area contributed by atoms with Crippen LogP contribution in [0.3, 0.4) is 0 Å². The SMILES string of the molecule is CC(C)C(C)(C#N)NC(=O)CNc1cc(Cl)ccc1C(=O)N1CCCCC1. The number of carbonyl (C=O) groups excluding carboxylic acids is 2. The van der Waals surface area contributed by atoms with Gasteiger partial charge in [-0.15, -0.1) is 0 Å². The minimum Gasteiger partial charge on any atom is -0.375 e. The molecule has 1 aromatic rings. The van der Waals surface area contributed by atoms with Gasteiger partial charge in [0.1, 0.15) is 5.54 Å². The van der Waals surface area contributed by atoms with Crippen molar-refractivity contribution in [2.24, 2.45) is 5.92 Å². The van der Waals surface area contributed by atoms with Crippen LogP contribution >= 0.6 is 11.6 Å². The standard InChI is InChI=1S/C20H27ClN4O2/c1-14(2)20(3,13-22)24-18(26)12-23-17-11-15(21)7-8-16(17)19(27)25-9-5-4-6-10-25/h7-8,11,14,23H,4-6,9-10,12H2,1-3H3,(H,24,26). The van der Waals surface area contributed by atoms with Crippen molar-refractivity contribution < 1.29 is 9.59 Å². The normalized spacial score (nSPS) is 16.4. The Hall–Kier alpha value is -2.26. The zero-order chi connectivity index (χ0) is 20.0. The highest BCUT2D eigenvalue weighted by molar-refractivity contribution is 6.31. The maximum absolute atomic E-state index is 12.8. The molecule has 1 unspecified atom stereocenters. The fourth-order valence-electron chi connectivity index (χ4n) is 2.93. The van der Waals surface area contributed by atoms with Gasteiger partial charge in [-0.2, -0.15) is 5.26 Å². The van der Waals surface area contributed by atoms with E-state index in [-0.39, 0.29) is 24.3 Å². The predicted molar refractivity (Wildman–Crippen MR) is 107 cm³/mol. The molecule has 0 radical (unpaired) electrons. The molecule has 1 saturated heterocycles. The Morgan fingerprint density at radius 3 is 2.56 bits per heavy atom. The van der Waals surface area contributed by atoms with Gasteiger partial charge in [0.15, 0.2) is 0 Å². The Kier molecular flexibility index (Phi) is 7.09. The van der Waals surface area contributed by atoms with Gasteiger partial charge in [-0.1, -0.05) is 25.4 Å². The maximum Gasteiger partial charge on any atom is 0.255 e. The second-order valence-electron chi connectivity index (χ2n) is 7.41. The second-order valence-corrected chi connectivity index (χ2v) is 7.85. The van der Waals surface area contributed by atoms with Crippen LogP contribution in [0.5, 0.6) is 0 Å². The lowest BCUT2D eigenvalue weighted by molar-refractivity contribution is -0.121. The summed E-state index contributed by atoms with van der Waals surface area (Å²) in [5, 5.41) is 15.6. The number of carbonyl (C=O) groups is 2. The molecule has 1 fully saturated rings. The van der Waals surface area contributed by atoms with Gasteiger partial charge in [0, 0.05) is 23.8 Å². The molecular formula is C20H27ClN4O2. The Bertz CT molecular complexity index is 738. The van der Waals surface area contributed by atoms with Gasteiger partial charge in [-0.3, -0.25) is 9.59 Å². The molecular weight excluding hydrogens is 364 g/mol. The van der Waals surface area contributed by atoms with Gasteiger partial charge in [-0.25, -0.2) is 0 Å². The van der Waals surface area contributed by atoms with E-state index >= 15 is 0 Å². The molecule has 0 bridgehead atoms. The molecule has 1 atom stereocenters. The summed E-state index contributed by atoms with van der Waals surface area (Å²) in [5.41, 5.74) is 0.0805. The number of benzene rings is 1. The van der Waals surface area contributed by atoms with Crippen molar-refractivity contribution in [3.05, 3.63) is 28.8 Å². The second kappa shape index (κ2) is 9.09. The van der Waals surface area contributed by atoms with E-state index in [1.807, 2.05) is 18.7 Å². The lowest BCUT2D eigenvalue weighted by Crippen LogP contribution is -2.50. The van der Waals surface area contributed by atoms with Crippen LogP contribution in [-0.4, -0.2) is 41.9 Å². The van der Waals surface area contributed by atoms with Crippen LogP contribution in [0.1, 0.15) is 50.4 Å². The first kappa shape index (κ1) is 21.0. The zero-order valence-electron chi connectivity index (χ0n) is 16.1. The third-order valence-electron chi connectivity index (χ3n) is 5.08. The average Bonchev–Trinajstić information content (AvgIpc) is 2.66. The largest absolute Gasteiger partial charge is 0.375 e. The van der Waals surface area contributed by atoms with E-state index < -0.39 is 5.54 Å². The average molecular weight is 391 g/mol. The molecule has 0 spiro atoms. The molecule has 2 N–H and O–H groups in total. The Labute approximate surface area is 165 Å². The van der Waals surface area contributed by atoms with Crippen molar-refractivity contribution in [2.45, 2.75) is 45.6 Å². The number of piperidine rings is 1. The van der Waals surface area contributed by atoms with Gasteiger partial charge >= 0.3 is 0 Å². The van der Waals surface area contributed by atoms with E-state index in [0.717, 1.165) is 32.4 Å². The molecule has 1 aromatic carbocycles. The summed E-state index contributed by atoms with van der Waals surface area (Å²) in [6, 6.07) is 7.16. The molecule has 0 saturated carbocycles. The van der Waals surface area contributed by atoms with Crippen LogP contribution < -0.4 is 10.6 Å². The minimum atomic E-state index is -0.945. The summed E-state index contributed by atoms with van der Waals surface area (Å²) in [7, 11) is 0. The first-order valence-electron chi connectivity index (χ1n) is 9.32. The third-order valence-corrected chi connectivity index (χ3v) is 5.32. The number of halogens is 1. The smallest absolute Gasteiger partial charge is 0.255 e. The Morgan fingerprint density at radius 2 is 1.96 bits per heavy atom. The Morgan fingerprint density at radius 1 is 1.30 bits per heavy atom. The quantitative estimate of drug-likeness (QED) is 0.779. The van der Waals surface area contributed by atoms with Crippen LogP contribution in [0, 0.1) is 17.2 Å². The number of hydrogen-bond donors (Lipinski definition) is 2. The molecule has 2 amide bonds. The number of nitrogens with one attached hydrogen (secondary N) is 2. The van der Waals surface area contributed by atoms with Crippen LogP contribution in [0.4, 0.5) is 5.69 Å².